The standard InChI is InChI=1S/C16H24N4O4/c1-3-6-17-16(24)12(2)18-7-9-19(10-8-18)15(23)11-20-13(21)4-5-14(20)22/h3,12H,1,4-11H2,2H3,(H,17,24)/t12-/m1/s1. The Morgan fingerprint density at radius 1 is 1.17 bits per heavy atom. The van der Waals surface area contributed by atoms with Crippen molar-refractivity contribution in [3.05, 3.63) is 12.7 Å². The quantitative estimate of drug-likeness (QED) is 0.495. The molecule has 0 aliphatic carbocycles. The second-order valence-corrected chi connectivity index (χ2v) is 6.00. The lowest BCUT2D eigenvalue weighted by molar-refractivity contribution is -0.146. The largest absolute Gasteiger partial charge is 0.351 e. The molecule has 8 nitrogen and oxygen atoms in total. The molecular weight excluding hydrogens is 312 g/mol. The molecule has 24 heavy (non-hydrogen) atoms. The number of rotatable bonds is 6. The van der Waals surface area contributed by atoms with Gasteiger partial charge in [-0.2, -0.15) is 0 Å². The molecule has 0 aromatic carbocycles. The van der Waals surface area contributed by atoms with E-state index in [2.05, 4.69) is 11.9 Å². The summed E-state index contributed by atoms with van der Waals surface area (Å²) in [7, 11) is 0. The Kier molecular flexibility index (Phi) is 6.08. The highest BCUT2D eigenvalue weighted by Gasteiger charge is 2.33. The lowest BCUT2D eigenvalue weighted by Crippen LogP contribution is -2.56. The second-order valence-electron chi connectivity index (χ2n) is 6.00. The van der Waals surface area contributed by atoms with Gasteiger partial charge >= 0.3 is 0 Å². The van der Waals surface area contributed by atoms with E-state index in [4.69, 9.17) is 0 Å². The van der Waals surface area contributed by atoms with Crippen molar-refractivity contribution < 1.29 is 19.2 Å². The van der Waals surface area contributed by atoms with Gasteiger partial charge in [0.25, 0.3) is 0 Å². The van der Waals surface area contributed by atoms with E-state index in [-0.39, 0.29) is 49.1 Å². The van der Waals surface area contributed by atoms with Gasteiger partial charge in [0.1, 0.15) is 6.54 Å². The summed E-state index contributed by atoms with van der Waals surface area (Å²) in [5.74, 6) is -0.844. The number of carbonyl (C=O) groups excluding carboxylic acids is 4. The number of piperazine rings is 1. The molecule has 0 radical (unpaired) electrons. The predicted octanol–water partition coefficient (Wildman–Crippen LogP) is -1.03. The molecule has 0 unspecified atom stereocenters. The normalized spacial score (nSPS) is 20.2. The minimum absolute atomic E-state index is 0.0667. The monoisotopic (exact) mass is 336 g/mol. The summed E-state index contributed by atoms with van der Waals surface area (Å²) in [6.45, 7) is 7.77. The summed E-state index contributed by atoms with van der Waals surface area (Å²) in [6, 6.07) is -0.274. The number of hydrogen-bond donors (Lipinski definition) is 1. The molecule has 0 bridgehead atoms. The molecule has 0 aromatic heterocycles. The first kappa shape index (κ1) is 18.1. The van der Waals surface area contributed by atoms with Gasteiger partial charge in [-0.15, -0.1) is 6.58 Å². The van der Waals surface area contributed by atoms with Crippen LogP contribution < -0.4 is 5.32 Å². The van der Waals surface area contributed by atoms with Gasteiger partial charge in [0.05, 0.1) is 6.04 Å². The van der Waals surface area contributed by atoms with Crippen LogP contribution in [0.4, 0.5) is 0 Å². The summed E-state index contributed by atoms with van der Waals surface area (Å²) in [5.41, 5.74) is 0. The van der Waals surface area contributed by atoms with Crippen LogP contribution in [0.25, 0.3) is 0 Å². The molecular formula is C16H24N4O4. The van der Waals surface area contributed by atoms with Crippen LogP contribution in [-0.4, -0.2) is 83.6 Å². The number of carbonyl (C=O) groups is 4. The summed E-state index contributed by atoms with van der Waals surface area (Å²) < 4.78 is 0. The maximum Gasteiger partial charge on any atom is 0.242 e. The van der Waals surface area contributed by atoms with Crippen LogP contribution >= 0.6 is 0 Å². The lowest BCUT2D eigenvalue weighted by Gasteiger charge is -2.37. The van der Waals surface area contributed by atoms with Gasteiger partial charge in [0.2, 0.25) is 23.6 Å². The van der Waals surface area contributed by atoms with E-state index in [1.54, 1.807) is 11.0 Å². The average molecular weight is 336 g/mol. The number of hydrogen-bond acceptors (Lipinski definition) is 5. The molecule has 132 valence electrons. The highest BCUT2D eigenvalue weighted by Crippen LogP contribution is 2.13. The average Bonchev–Trinajstić information content (AvgIpc) is 2.91. The SMILES string of the molecule is C=CCNC(=O)[C@@H](C)N1CCN(C(=O)CN2C(=O)CCC2=O)CC1. The molecule has 0 aromatic rings. The van der Waals surface area contributed by atoms with Crippen molar-refractivity contribution in [3.8, 4) is 0 Å². The maximum absolute atomic E-state index is 12.3. The Hall–Kier alpha value is -2.22. The van der Waals surface area contributed by atoms with E-state index in [9.17, 15) is 19.2 Å². The number of likely N-dealkylation sites (tertiary alicyclic amines) is 1. The van der Waals surface area contributed by atoms with Crippen molar-refractivity contribution in [3.63, 3.8) is 0 Å². The second kappa shape index (κ2) is 8.05. The minimum Gasteiger partial charge on any atom is -0.351 e. The van der Waals surface area contributed by atoms with E-state index in [1.807, 2.05) is 11.8 Å². The van der Waals surface area contributed by atoms with Crippen molar-refractivity contribution in [2.24, 2.45) is 0 Å². The minimum atomic E-state index is -0.278. The van der Waals surface area contributed by atoms with Crippen molar-refractivity contribution in [1.82, 2.24) is 20.0 Å². The molecule has 2 saturated heterocycles. The Balaban J connectivity index is 1.80. The van der Waals surface area contributed by atoms with Crippen LogP contribution in [0.5, 0.6) is 0 Å². The van der Waals surface area contributed by atoms with Crippen LogP contribution in [-0.2, 0) is 19.2 Å². The van der Waals surface area contributed by atoms with Crippen molar-refractivity contribution in [1.29, 1.82) is 0 Å². The molecule has 4 amide bonds. The van der Waals surface area contributed by atoms with Crippen LogP contribution in [0.15, 0.2) is 12.7 Å². The zero-order valence-corrected chi connectivity index (χ0v) is 14.0. The van der Waals surface area contributed by atoms with Crippen LogP contribution in [0.1, 0.15) is 19.8 Å². The molecule has 0 saturated carbocycles. The first-order valence-electron chi connectivity index (χ1n) is 8.17. The number of amides is 4. The van der Waals surface area contributed by atoms with Crippen molar-refractivity contribution in [2.45, 2.75) is 25.8 Å². The first-order valence-corrected chi connectivity index (χ1v) is 8.17. The van der Waals surface area contributed by atoms with Crippen LogP contribution in [0.2, 0.25) is 0 Å². The highest BCUT2D eigenvalue weighted by atomic mass is 16.2. The van der Waals surface area contributed by atoms with E-state index in [0.717, 1.165) is 4.90 Å². The molecule has 2 aliphatic rings. The van der Waals surface area contributed by atoms with Gasteiger partial charge in [-0.05, 0) is 6.92 Å². The van der Waals surface area contributed by atoms with Crippen LogP contribution in [0, 0.1) is 0 Å². The Morgan fingerprint density at radius 3 is 2.29 bits per heavy atom. The fourth-order valence-corrected chi connectivity index (χ4v) is 2.88. The smallest absolute Gasteiger partial charge is 0.242 e. The van der Waals surface area contributed by atoms with Crippen LogP contribution in [0.3, 0.4) is 0 Å². The third-order valence-electron chi connectivity index (χ3n) is 4.46. The summed E-state index contributed by atoms with van der Waals surface area (Å²) in [4.78, 5) is 52.1. The summed E-state index contributed by atoms with van der Waals surface area (Å²) in [6.07, 6.45) is 2.01. The number of nitrogens with one attached hydrogen (secondary N) is 1. The van der Waals surface area contributed by atoms with Crippen molar-refractivity contribution in [2.75, 3.05) is 39.3 Å². The van der Waals surface area contributed by atoms with E-state index in [0.29, 0.717) is 32.7 Å². The van der Waals surface area contributed by atoms with Gasteiger partial charge < -0.3 is 10.2 Å². The fourth-order valence-electron chi connectivity index (χ4n) is 2.88. The van der Waals surface area contributed by atoms with Gasteiger partial charge in [0, 0.05) is 45.6 Å². The molecule has 2 aliphatic heterocycles. The number of imide groups is 1. The maximum atomic E-state index is 12.3. The molecule has 1 N–H and O–H groups in total. The third kappa shape index (κ3) is 4.19. The Morgan fingerprint density at radius 2 is 1.75 bits per heavy atom. The zero-order valence-electron chi connectivity index (χ0n) is 14.0. The van der Waals surface area contributed by atoms with E-state index >= 15 is 0 Å². The highest BCUT2D eigenvalue weighted by molar-refractivity contribution is 6.04. The van der Waals surface area contributed by atoms with Gasteiger partial charge in [-0.25, -0.2) is 0 Å². The zero-order chi connectivity index (χ0) is 17.7. The molecule has 1 atom stereocenters. The molecule has 2 heterocycles. The molecule has 0 spiro atoms. The lowest BCUT2D eigenvalue weighted by atomic mass is 10.2. The Labute approximate surface area is 141 Å². The predicted molar refractivity (Wildman–Crippen MR) is 86.8 cm³/mol. The third-order valence-corrected chi connectivity index (χ3v) is 4.46. The topological polar surface area (TPSA) is 90.0 Å². The number of nitrogens with zero attached hydrogens (tertiary/aromatic N) is 3. The van der Waals surface area contributed by atoms with Gasteiger partial charge in [0.15, 0.2) is 0 Å². The molecule has 8 heteroatoms. The molecule has 2 fully saturated rings. The fraction of sp³-hybridized carbons (Fsp3) is 0.625. The summed E-state index contributed by atoms with van der Waals surface area (Å²) in [5, 5.41) is 2.76. The van der Waals surface area contributed by atoms with Gasteiger partial charge in [-0.1, -0.05) is 6.08 Å². The van der Waals surface area contributed by atoms with Gasteiger partial charge in [-0.3, -0.25) is 29.0 Å². The van der Waals surface area contributed by atoms with Crippen molar-refractivity contribution >= 4 is 23.6 Å². The van der Waals surface area contributed by atoms with E-state index in [1.165, 1.54) is 0 Å². The van der Waals surface area contributed by atoms with E-state index < -0.39 is 0 Å². The first-order chi connectivity index (χ1) is 11.4. The molecule has 2 rings (SSSR count). The summed E-state index contributed by atoms with van der Waals surface area (Å²) >= 11 is 0. The Bertz CT molecular complexity index is 524.